The van der Waals surface area contributed by atoms with Gasteiger partial charge in [-0.2, -0.15) is 0 Å². The maximum absolute atomic E-state index is 11.6. The van der Waals surface area contributed by atoms with E-state index in [0.717, 1.165) is 61.3 Å². The molecule has 0 amide bonds. The number of hydrogen-bond donors (Lipinski definition) is 1. The molecule has 41 heavy (non-hydrogen) atoms. The number of aromatic carboxylic acids is 1. The summed E-state index contributed by atoms with van der Waals surface area (Å²) in [5.41, 5.74) is 7.08. The average molecular weight is 544 g/mol. The molecule has 1 N–H and O–H groups in total. The normalized spacial score (nSPS) is 14.1. The Morgan fingerprint density at radius 2 is 1.41 bits per heavy atom. The maximum atomic E-state index is 11.6. The van der Waals surface area contributed by atoms with E-state index in [2.05, 4.69) is 94.4 Å². The number of hydrogen-bond acceptors (Lipinski definition) is 3. The molecular formula is C36H37N3O2. The molecule has 0 unspecified atom stereocenters. The molecule has 5 nitrogen and oxygen atoms in total. The fourth-order valence-corrected chi connectivity index (χ4v) is 6.15. The highest BCUT2D eigenvalue weighted by molar-refractivity contribution is 5.93. The minimum absolute atomic E-state index is 0.279. The molecule has 0 bridgehead atoms. The predicted octanol–water partition coefficient (Wildman–Crippen LogP) is 8.15. The van der Waals surface area contributed by atoms with Crippen LogP contribution in [0.5, 0.6) is 0 Å². The van der Waals surface area contributed by atoms with Gasteiger partial charge in [-0.25, -0.2) is 9.78 Å². The summed E-state index contributed by atoms with van der Waals surface area (Å²) in [4.78, 5) is 19.2. The minimum Gasteiger partial charge on any atom is -0.478 e. The molecule has 1 fully saturated rings. The van der Waals surface area contributed by atoms with Crippen molar-refractivity contribution in [3.05, 3.63) is 125 Å². The molecule has 1 saturated carbocycles. The largest absolute Gasteiger partial charge is 0.478 e. The monoisotopic (exact) mass is 543 g/mol. The van der Waals surface area contributed by atoms with Crippen molar-refractivity contribution in [1.29, 1.82) is 0 Å². The first-order chi connectivity index (χ1) is 20.1. The van der Waals surface area contributed by atoms with Gasteiger partial charge in [0.2, 0.25) is 0 Å². The highest BCUT2D eigenvalue weighted by Gasteiger charge is 2.23. The van der Waals surface area contributed by atoms with E-state index in [1.807, 2.05) is 6.07 Å². The van der Waals surface area contributed by atoms with E-state index in [-0.39, 0.29) is 5.56 Å². The van der Waals surface area contributed by atoms with Crippen LogP contribution in [-0.2, 0) is 19.5 Å². The van der Waals surface area contributed by atoms with Crippen LogP contribution < -0.4 is 0 Å². The first-order valence-corrected chi connectivity index (χ1v) is 14.8. The van der Waals surface area contributed by atoms with Gasteiger partial charge in [0.05, 0.1) is 16.6 Å². The Hall–Kier alpha value is -4.22. The lowest BCUT2D eigenvalue weighted by Gasteiger charge is -2.26. The Bertz CT molecular complexity index is 1590. The quantitative estimate of drug-likeness (QED) is 0.193. The number of benzene rings is 4. The van der Waals surface area contributed by atoms with Gasteiger partial charge in [0.25, 0.3) is 0 Å². The van der Waals surface area contributed by atoms with Gasteiger partial charge in [0.1, 0.15) is 5.82 Å². The van der Waals surface area contributed by atoms with Crippen molar-refractivity contribution in [3.63, 3.8) is 0 Å². The molecule has 208 valence electrons. The third kappa shape index (κ3) is 6.41. The molecule has 0 aliphatic heterocycles. The lowest BCUT2D eigenvalue weighted by Crippen LogP contribution is -2.25. The van der Waals surface area contributed by atoms with Crippen molar-refractivity contribution in [2.24, 2.45) is 0 Å². The van der Waals surface area contributed by atoms with Crippen molar-refractivity contribution in [2.75, 3.05) is 6.54 Å². The van der Waals surface area contributed by atoms with E-state index in [9.17, 15) is 9.90 Å². The Morgan fingerprint density at radius 1 is 0.780 bits per heavy atom. The minimum atomic E-state index is -0.919. The third-order valence-corrected chi connectivity index (χ3v) is 8.30. The van der Waals surface area contributed by atoms with Crippen LogP contribution in [0.3, 0.4) is 0 Å². The smallest absolute Gasteiger partial charge is 0.335 e. The van der Waals surface area contributed by atoms with Crippen LogP contribution in [0.15, 0.2) is 103 Å². The molecule has 6 rings (SSSR count). The van der Waals surface area contributed by atoms with Crippen LogP contribution in [0.4, 0.5) is 0 Å². The van der Waals surface area contributed by atoms with Gasteiger partial charge >= 0.3 is 5.97 Å². The van der Waals surface area contributed by atoms with Crippen LogP contribution in [0.2, 0.25) is 0 Å². The third-order valence-electron chi connectivity index (χ3n) is 8.30. The highest BCUT2D eigenvalue weighted by Crippen LogP contribution is 2.36. The van der Waals surface area contributed by atoms with E-state index < -0.39 is 5.97 Å². The molecule has 0 radical (unpaired) electrons. The topological polar surface area (TPSA) is 58.4 Å². The van der Waals surface area contributed by atoms with Gasteiger partial charge < -0.3 is 9.67 Å². The lowest BCUT2D eigenvalue weighted by atomic mass is 9.94. The van der Waals surface area contributed by atoms with Crippen LogP contribution in [-0.4, -0.2) is 32.1 Å². The second-order valence-electron chi connectivity index (χ2n) is 11.2. The van der Waals surface area contributed by atoms with E-state index >= 15 is 0 Å². The van der Waals surface area contributed by atoms with Crippen LogP contribution in [0, 0.1) is 0 Å². The zero-order chi connectivity index (χ0) is 28.0. The van der Waals surface area contributed by atoms with E-state index in [4.69, 9.17) is 4.98 Å². The highest BCUT2D eigenvalue weighted by atomic mass is 16.4. The Morgan fingerprint density at radius 3 is 2.07 bits per heavy atom. The summed E-state index contributed by atoms with van der Waals surface area (Å²) < 4.78 is 2.37. The molecule has 0 saturated heterocycles. The summed E-state index contributed by atoms with van der Waals surface area (Å²) in [6, 6.07) is 35.9. The number of carboxylic acid groups (broad SMARTS) is 1. The molecule has 0 atom stereocenters. The maximum Gasteiger partial charge on any atom is 0.335 e. The van der Waals surface area contributed by atoms with Gasteiger partial charge in [-0.05, 0) is 54.2 Å². The van der Waals surface area contributed by atoms with Crippen molar-refractivity contribution in [1.82, 2.24) is 14.5 Å². The molecule has 1 aromatic heterocycles. The fourth-order valence-electron chi connectivity index (χ4n) is 6.15. The van der Waals surface area contributed by atoms with Crippen molar-refractivity contribution >= 4 is 17.0 Å². The summed E-state index contributed by atoms with van der Waals surface area (Å²) >= 11 is 0. The molecule has 1 heterocycles. The van der Waals surface area contributed by atoms with E-state index in [0.29, 0.717) is 6.04 Å². The van der Waals surface area contributed by atoms with Crippen LogP contribution in [0.1, 0.15) is 65.2 Å². The van der Waals surface area contributed by atoms with Gasteiger partial charge in [0, 0.05) is 31.2 Å². The summed E-state index contributed by atoms with van der Waals surface area (Å²) in [6.45, 7) is 2.74. The number of carboxylic acids is 1. The predicted molar refractivity (Wildman–Crippen MR) is 165 cm³/mol. The second-order valence-corrected chi connectivity index (χ2v) is 11.2. The van der Waals surface area contributed by atoms with Gasteiger partial charge in [-0.15, -0.1) is 0 Å². The van der Waals surface area contributed by atoms with Gasteiger partial charge in [-0.1, -0.05) is 104 Å². The van der Waals surface area contributed by atoms with E-state index in [1.54, 1.807) is 12.1 Å². The first-order valence-electron chi connectivity index (χ1n) is 14.8. The summed E-state index contributed by atoms with van der Waals surface area (Å²) in [7, 11) is 0. The Kier molecular flexibility index (Phi) is 8.24. The number of rotatable bonds is 10. The standard InChI is InChI=1S/C36H37N3O2/c40-36(41)31-20-21-34-33(24-31)37-35(39(34)32-14-8-3-9-15-32)30-18-16-29(17-19-30)26-38(25-28-12-6-2-7-13-28)23-22-27-10-4-1-5-11-27/h1-2,4-7,10-13,16-21,24,32H,3,8-9,14-15,22-23,25-26H2,(H,40,41). The summed E-state index contributed by atoms with van der Waals surface area (Å²) in [5.74, 6) is 0.0172. The zero-order valence-corrected chi connectivity index (χ0v) is 23.5. The number of aromatic nitrogens is 2. The molecule has 1 aliphatic carbocycles. The summed E-state index contributed by atoms with van der Waals surface area (Å²) in [6.07, 6.45) is 6.99. The van der Waals surface area contributed by atoms with Crippen molar-refractivity contribution in [3.8, 4) is 11.4 Å². The first kappa shape index (κ1) is 27.0. The number of carbonyl (C=O) groups is 1. The average Bonchev–Trinajstić information content (AvgIpc) is 3.40. The molecule has 4 aromatic carbocycles. The lowest BCUT2D eigenvalue weighted by molar-refractivity contribution is 0.0697. The van der Waals surface area contributed by atoms with Crippen molar-refractivity contribution < 1.29 is 9.90 Å². The van der Waals surface area contributed by atoms with E-state index in [1.165, 1.54) is 36.0 Å². The Labute approximate surface area is 242 Å². The van der Waals surface area contributed by atoms with Gasteiger partial charge in [0.15, 0.2) is 0 Å². The second kappa shape index (κ2) is 12.5. The number of nitrogens with zero attached hydrogens (tertiary/aromatic N) is 3. The van der Waals surface area contributed by atoms with Crippen LogP contribution >= 0.6 is 0 Å². The molecule has 0 spiro atoms. The number of imidazole rings is 1. The fraction of sp³-hybridized carbons (Fsp3) is 0.278. The molecule has 1 aliphatic rings. The van der Waals surface area contributed by atoms with Crippen molar-refractivity contribution in [2.45, 2.75) is 57.7 Å². The Balaban J connectivity index is 1.27. The zero-order valence-electron chi connectivity index (χ0n) is 23.5. The van der Waals surface area contributed by atoms with Crippen LogP contribution in [0.25, 0.3) is 22.4 Å². The number of fused-ring (bicyclic) bond motifs is 1. The molecular weight excluding hydrogens is 506 g/mol. The SMILES string of the molecule is O=C(O)c1ccc2c(c1)nc(-c1ccc(CN(CCc3ccccc3)Cc3ccccc3)cc1)n2C1CCCCC1. The molecule has 5 aromatic rings. The summed E-state index contributed by atoms with van der Waals surface area (Å²) in [5, 5.41) is 9.55. The van der Waals surface area contributed by atoms with Gasteiger partial charge in [-0.3, -0.25) is 4.90 Å². The molecule has 5 heteroatoms.